The van der Waals surface area contributed by atoms with E-state index in [1.54, 1.807) is 0 Å². The molecule has 0 aliphatic carbocycles. The van der Waals surface area contributed by atoms with Gasteiger partial charge in [0.1, 0.15) is 5.75 Å². The van der Waals surface area contributed by atoms with Gasteiger partial charge in [-0.25, -0.2) is 0 Å². The summed E-state index contributed by atoms with van der Waals surface area (Å²) in [4.78, 5) is 0.978. The second-order valence-corrected chi connectivity index (χ2v) is 4.64. The molecule has 2 heteroatoms. The average molecular weight is 246 g/mol. The van der Waals surface area contributed by atoms with E-state index in [0.717, 1.165) is 42.1 Å². The lowest BCUT2D eigenvalue weighted by Crippen LogP contribution is -2.08. The summed E-state index contributed by atoms with van der Waals surface area (Å²) < 4.78 is 5.66. The Kier molecular flexibility index (Phi) is 4.32. The molecule has 0 aromatic heterocycles. The highest BCUT2D eigenvalue weighted by atomic mass is 32.1. The first-order chi connectivity index (χ1) is 8.31. The quantitative estimate of drug-likeness (QED) is 0.619. The van der Waals surface area contributed by atoms with Crippen LogP contribution in [0.4, 0.5) is 0 Å². The van der Waals surface area contributed by atoms with Crippen LogP contribution < -0.4 is 4.74 Å². The van der Waals surface area contributed by atoms with Gasteiger partial charge in [0.15, 0.2) is 0 Å². The van der Waals surface area contributed by atoms with Crippen LogP contribution in [-0.2, 0) is 6.42 Å². The first kappa shape index (κ1) is 12.3. The van der Waals surface area contributed by atoms with Gasteiger partial charge in [-0.15, -0.1) is 12.6 Å². The maximum atomic E-state index is 5.66. The Hall–Kier alpha value is -1.15. The topological polar surface area (TPSA) is 9.23 Å². The van der Waals surface area contributed by atoms with Crippen LogP contribution in [0.2, 0.25) is 0 Å². The van der Waals surface area contributed by atoms with E-state index < -0.39 is 0 Å². The Morgan fingerprint density at radius 2 is 2.35 bits per heavy atom. The lowest BCUT2D eigenvalue weighted by molar-refractivity contribution is 0.288. The molecule has 1 nitrogen and oxygen atoms in total. The molecule has 1 heterocycles. The molecule has 1 aromatic rings. The first-order valence-electron chi connectivity index (χ1n) is 6.13. The van der Waals surface area contributed by atoms with Crippen molar-refractivity contribution < 1.29 is 4.74 Å². The van der Waals surface area contributed by atoms with Crippen molar-refractivity contribution in [3.63, 3.8) is 0 Å². The number of fused-ring (bicyclic) bond motifs is 1. The fourth-order valence-corrected chi connectivity index (χ4v) is 2.12. The minimum atomic E-state index is 0.831. The van der Waals surface area contributed by atoms with E-state index in [2.05, 4.69) is 43.8 Å². The number of aryl methyl sites for hydroxylation is 1. The summed E-state index contributed by atoms with van der Waals surface area (Å²) in [5.41, 5.74) is 2.43. The summed E-state index contributed by atoms with van der Waals surface area (Å²) in [7, 11) is 0. The van der Waals surface area contributed by atoms with E-state index in [0.29, 0.717) is 0 Å². The molecule has 0 spiro atoms. The van der Waals surface area contributed by atoms with Crippen molar-refractivity contribution in [2.24, 2.45) is 0 Å². The molecule has 1 aromatic carbocycles. The van der Waals surface area contributed by atoms with Gasteiger partial charge < -0.3 is 4.74 Å². The average Bonchev–Trinajstić information content (AvgIpc) is 2.38. The van der Waals surface area contributed by atoms with Crippen LogP contribution in [0.1, 0.15) is 30.9 Å². The van der Waals surface area contributed by atoms with E-state index >= 15 is 0 Å². The van der Waals surface area contributed by atoms with Gasteiger partial charge in [0.25, 0.3) is 0 Å². The van der Waals surface area contributed by atoms with Gasteiger partial charge in [0.2, 0.25) is 0 Å². The number of hydrogen-bond acceptors (Lipinski definition) is 2. The predicted octanol–water partition coefficient (Wildman–Crippen LogP) is 4.25. The number of benzene rings is 1. The van der Waals surface area contributed by atoms with Crippen molar-refractivity contribution in [1.29, 1.82) is 0 Å². The Bertz CT molecular complexity index is 446. The smallest absolute Gasteiger partial charge is 0.123 e. The van der Waals surface area contributed by atoms with Crippen molar-refractivity contribution in [1.82, 2.24) is 0 Å². The van der Waals surface area contributed by atoms with Gasteiger partial charge in [0.05, 0.1) is 6.61 Å². The molecule has 1 aliphatic heterocycles. The summed E-state index contributed by atoms with van der Waals surface area (Å²) in [6, 6.07) is 6.36. The zero-order chi connectivity index (χ0) is 12.1. The zero-order valence-electron chi connectivity index (χ0n) is 10.1. The van der Waals surface area contributed by atoms with Crippen LogP contribution in [-0.4, -0.2) is 6.61 Å². The fraction of sp³-hybridized carbons (Fsp3) is 0.333. The molecule has 2 rings (SSSR count). The van der Waals surface area contributed by atoms with E-state index in [1.807, 2.05) is 12.2 Å². The normalized spacial score (nSPS) is 15.8. The summed E-state index contributed by atoms with van der Waals surface area (Å²) in [5.74, 6) is 1.02. The molecule has 0 amide bonds. The van der Waals surface area contributed by atoms with Gasteiger partial charge >= 0.3 is 0 Å². The summed E-state index contributed by atoms with van der Waals surface area (Å²) in [5, 5.41) is 0. The van der Waals surface area contributed by atoms with E-state index in [1.165, 1.54) is 5.56 Å². The Balaban J connectivity index is 2.21. The highest BCUT2D eigenvalue weighted by Crippen LogP contribution is 2.29. The van der Waals surface area contributed by atoms with Gasteiger partial charge in [0, 0.05) is 4.91 Å². The Morgan fingerprint density at radius 1 is 1.47 bits per heavy atom. The molecule has 0 fully saturated rings. The summed E-state index contributed by atoms with van der Waals surface area (Å²) >= 11 is 4.51. The van der Waals surface area contributed by atoms with Crippen LogP contribution in [0.5, 0.6) is 5.75 Å². The minimum absolute atomic E-state index is 0.831. The number of ether oxygens (including phenoxy) is 1. The monoisotopic (exact) mass is 246 g/mol. The molecule has 0 unspecified atom stereocenters. The number of hydrogen-bond donors (Lipinski definition) is 1. The Labute approximate surface area is 109 Å². The van der Waals surface area contributed by atoms with Crippen molar-refractivity contribution in [2.45, 2.75) is 26.2 Å². The van der Waals surface area contributed by atoms with Gasteiger partial charge in [-0.1, -0.05) is 31.2 Å². The molecule has 0 bridgehead atoms. The van der Waals surface area contributed by atoms with Crippen molar-refractivity contribution in [3.05, 3.63) is 47.6 Å². The van der Waals surface area contributed by atoms with Crippen molar-refractivity contribution in [2.75, 3.05) is 6.61 Å². The van der Waals surface area contributed by atoms with Crippen molar-refractivity contribution >= 4 is 17.5 Å². The maximum Gasteiger partial charge on any atom is 0.123 e. The standard InChI is InChI=1S/C15H18OS/c1-2-3-4-7-15(17)13-9-8-12-6-5-10-16-14(12)11-13/h3-4,7-9,11,17H,2,5-6,10H2,1H3/b4-3+,15-7-. The zero-order valence-corrected chi connectivity index (χ0v) is 11.0. The third-order valence-corrected chi connectivity index (χ3v) is 3.24. The number of allylic oxidation sites excluding steroid dienone is 3. The summed E-state index contributed by atoms with van der Waals surface area (Å²) in [6.07, 6.45) is 9.47. The molecular formula is C15H18OS. The van der Waals surface area contributed by atoms with Crippen LogP contribution in [0.3, 0.4) is 0 Å². The lowest BCUT2D eigenvalue weighted by atomic mass is 10.0. The van der Waals surface area contributed by atoms with Gasteiger partial charge in [-0.05, 0) is 42.5 Å². The Morgan fingerprint density at radius 3 is 3.18 bits per heavy atom. The van der Waals surface area contributed by atoms with Gasteiger partial charge in [-0.3, -0.25) is 0 Å². The van der Waals surface area contributed by atoms with E-state index in [-0.39, 0.29) is 0 Å². The highest BCUT2D eigenvalue weighted by Gasteiger charge is 2.10. The third kappa shape index (κ3) is 3.16. The van der Waals surface area contributed by atoms with Crippen LogP contribution in [0, 0.1) is 0 Å². The predicted molar refractivity (Wildman–Crippen MR) is 76.7 cm³/mol. The molecule has 0 N–H and O–H groups in total. The van der Waals surface area contributed by atoms with E-state index in [4.69, 9.17) is 4.74 Å². The molecule has 1 aliphatic rings. The molecule has 0 atom stereocenters. The lowest BCUT2D eigenvalue weighted by Gasteiger charge is -2.17. The van der Waals surface area contributed by atoms with Crippen LogP contribution >= 0.6 is 12.6 Å². The molecule has 90 valence electrons. The molecular weight excluding hydrogens is 228 g/mol. The van der Waals surface area contributed by atoms with Crippen molar-refractivity contribution in [3.8, 4) is 5.75 Å². The summed E-state index contributed by atoms with van der Waals surface area (Å²) in [6.45, 7) is 2.95. The molecule has 0 radical (unpaired) electrons. The SMILES string of the molecule is CC/C=C/C=C(\S)c1ccc2c(c1)OCCC2. The van der Waals surface area contributed by atoms with E-state index in [9.17, 15) is 0 Å². The number of thiol groups is 1. The minimum Gasteiger partial charge on any atom is -0.493 e. The second kappa shape index (κ2) is 5.97. The van der Waals surface area contributed by atoms with Crippen LogP contribution in [0.15, 0.2) is 36.4 Å². The fourth-order valence-electron chi connectivity index (χ4n) is 1.89. The third-order valence-electron chi connectivity index (χ3n) is 2.84. The molecule has 0 saturated heterocycles. The number of rotatable bonds is 3. The highest BCUT2D eigenvalue weighted by molar-refractivity contribution is 7.90. The molecule has 17 heavy (non-hydrogen) atoms. The largest absolute Gasteiger partial charge is 0.493 e. The molecule has 0 saturated carbocycles. The second-order valence-electron chi connectivity index (χ2n) is 4.16. The maximum absolute atomic E-state index is 5.66. The van der Waals surface area contributed by atoms with Gasteiger partial charge in [-0.2, -0.15) is 0 Å². The first-order valence-corrected chi connectivity index (χ1v) is 6.58. The van der Waals surface area contributed by atoms with Crippen LogP contribution in [0.25, 0.3) is 4.91 Å².